The summed E-state index contributed by atoms with van der Waals surface area (Å²) in [6.07, 6.45) is 1.73. The van der Waals surface area contributed by atoms with Crippen LogP contribution in [0.5, 0.6) is 0 Å². The van der Waals surface area contributed by atoms with Crippen LogP contribution in [0.15, 0.2) is 36.5 Å². The van der Waals surface area contributed by atoms with E-state index in [0.29, 0.717) is 12.5 Å². The Hall–Kier alpha value is -1.81. The van der Waals surface area contributed by atoms with Crippen molar-refractivity contribution >= 4 is 23.4 Å². The first-order valence-corrected chi connectivity index (χ1v) is 6.21. The quantitative estimate of drug-likeness (QED) is 0.869. The summed E-state index contributed by atoms with van der Waals surface area (Å²) in [7, 11) is 0. The molecule has 1 heterocycles. The summed E-state index contributed by atoms with van der Waals surface area (Å²) < 4.78 is 0. The van der Waals surface area contributed by atoms with E-state index in [4.69, 9.17) is 11.6 Å². The number of rotatable bonds is 5. The molecule has 1 aromatic heterocycles. The number of anilines is 2. The largest absolute Gasteiger partial charge is 0.366 e. The van der Waals surface area contributed by atoms with Crippen molar-refractivity contribution in [2.75, 3.05) is 17.2 Å². The first kappa shape index (κ1) is 12.6. The van der Waals surface area contributed by atoms with Crippen LogP contribution in [0.25, 0.3) is 0 Å². The van der Waals surface area contributed by atoms with E-state index >= 15 is 0 Å². The van der Waals surface area contributed by atoms with Crippen LogP contribution in [0.1, 0.15) is 12.5 Å². The third-order valence-corrected chi connectivity index (χ3v) is 2.59. The number of hydrogen-bond donors (Lipinski definition) is 2. The summed E-state index contributed by atoms with van der Waals surface area (Å²) in [4.78, 5) is 8.45. The lowest BCUT2D eigenvalue weighted by molar-refractivity contribution is 1.05. The lowest BCUT2D eigenvalue weighted by Crippen LogP contribution is -2.06. The summed E-state index contributed by atoms with van der Waals surface area (Å²) in [5.41, 5.74) is 1.12. The molecule has 0 aliphatic heterocycles. The molecule has 4 nitrogen and oxygen atoms in total. The van der Waals surface area contributed by atoms with Crippen LogP contribution >= 0.6 is 11.6 Å². The summed E-state index contributed by atoms with van der Waals surface area (Å²) in [6, 6.07) is 9.58. The van der Waals surface area contributed by atoms with Gasteiger partial charge in [-0.2, -0.15) is 4.98 Å². The molecule has 2 rings (SSSR count). The van der Waals surface area contributed by atoms with E-state index < -0.39 is 0 Å². The lowest BCUT2D eigenvalue weighted by Gasteiger charge is -2.07. The Bertz CT molecular complexity index is 516. The SMILES string of the molecule is CCNc1nccc(NCc2cccc(Cl)c2)n1. The average molecular weight is 263 g/mol. The molecule has 0 radical (unpaired) electrons. The standard InChI is InChI=1S/C13H15ClN4/c1-2-15-13-16-7-6-12(18-13)17-9-10-4-3-5-11(14)8-10/h3-8H,2,9H2,1H3,(H2,15,16,17,18). The first-order chi connectivity index (χ1) is 8.78. The molecule has 0 aliphatic rings. The Kier molecular flexibility index (Phi) is 4.36. The Morgan fingerprint density at radius 3 is 2.89 bits per heavy atom. The van der Waals surface area contributed by atoms with Gasteiger partial charge in [0.25, 0.3) is 0 Å². The molecule has 18 heavy (non-hydrogen) atoms. The zero-order valence-electron chi connectivity index (χ0n) is 10.2. The van der Waals surface area contributed by atoms with Crippen LogP contribution in [-0.4, -0.2) is 16.5 Å². The molecule has 2 N–H and O–H groups in total. The average Bonchev–Trinajstić information content (AvgIpc) is 2.37. The number of nitrogens with one attached hydrogen (secondary N) is 2. The second kappa shape index (κ2) is 6.21. The maximum absolute atomic E-state index is 5.93. The highest BCUT2D eigenvalue weighted by molar-refractivity contribution is 6.30. The molecular formula is C13H15ClN4. The minimum atomic E-state index is 0.633. The molecule has 2 aromatic rings. The van der Waals surface area contributed by atoms with Crippen LogP contribution in [0.2, 0.25) is 5.02 Å². The third-order valence-electron chi connectivity index (χ3n) is 2.35. The van der Waals surface area contributed by atoms with Gasteiger partial charge in [-0.25, -0.2) is 4.98 Å². The normalized spacial score (nSPS) is 10.1. The van der Waals surface area contributed by atoms with Crippen molar-refractivity contribution in [3.05, 3.63) is 47.1 Å². The number of hydrogen-bond acceptors (Lipinski definition) is 4. The van der Waals surface area contributed by atoms with E-state index in [-0.39, 0.29) is 0 Å². The van der Waals surface area contributed by atoms with Crippen molar-refractivity contribution in [3.63, 3.8) is 0 Å². The number of aromatic nitrogens is 2. The minimum Gasteiger partial charge on any atom is -0.366 e. The fraction of sp³-hybridized carbons (Fsp3) is 0.231. The van der Waals surface area contributed by atoms with E-state index in [1.54, 1.807) is 6.20 Å². The zero-order chi connectivity index (χ0) is 12.8. The predicted molar refractivity (Wildman–Crippen MR) is 75.0 cm³/mol. The van der Waals surface area contributed by atoms with E-state index in [0.717, 1.165) is 22.9 Å². The molecular weight excluding hydrogens is 248 g/mol. The van der Waals surface area contributed by atoms with Gasteiger partial charge in [0.05, 0.1) is 0 Å². The van der Waals surface area contributed by atoms with Gasteiger partial charge in [-0.1, -0.05) is 23.7 Å². The van der Waals surface area contributed by atoms with Crippen molar-refractivity contribution < 1.29 is 0 Å². The van der Waals surface area contributed by atoms with Gasteiger partial charge in [-0.05, 0) is 30.7 Å². The second-order valence-electron chi connectivity index (χ2n) is 3.78. The second-order valence-corrected chi connectivity index (χ2v) is 4.22. The van der Waals surface area contributed by atoms with Gasteiger partial charge in [-0.3, -0.25) is 0 Å². The molecule has 0 unspecified atom stereocenters. The predicted octanol–water partition coefficient (Wildman–Crippen LogP) is 3.17. The van der Waals surface area contributed by atoms with Crippen molar-refractivity contribution in [2.24, 2.45) is 0 Å². The smallest absolute Gasteiger partial charge is 0.224 e. The van der Waals surface area contributed by atoms with Crippen LogP contribution in [0.3, 0.4) is 0 Å². The molecule has 0 spiro atoms. The Balaban J connectivity index is 1.99. The van der Waals surface area contributed by atoms with Crippen LogP contribution in [-0.2, 0) is 6.54 Å². The monoisotopic (exact) mass is 262 g/mol. The van der Waals surface area contributed by atoms with E-state index in [2.05, 4.69) is 20.6 Å². The molecule has 0 fully saturated rings. The molecule has 0 saturated heterocycles. The maximum atomic E-state index is 5.93. The summed E-state index contributed by atoms with van der Waals surface area (Å²) in [6.45, 7) is 3.50. The van der Waals surface area contributed by atoms with Gasteiger partial charge in [0.1, 0.15) is 5.82 Å². The minimum absolute atomic E-state index is 0.633. The number of nitrogens with zero attached hydrogens (tertiary/aromatic N) is 2. The maximum Gasteiger partial charge on any atom is 0.224 e. The highest BCUT2D eigenvalue weighted by Gasteiger charge is 1.98. The third kappa shape index (κ3) is 3.60. The molecule has 0 bridgehead atoms. The molecule has 0 amide bonds. The van der Waals surface area contributed by atoms with Gasteiger partial charge in [0.2, 0.25) is 5.95 Å². The fourth-order valence-electron chi connectivity index (χ4n) is 1.54. The van der Waals surface area contributed by atoms with Gasteiger partial charge in [0, 0.05) is 24.3 Å². The summed E-state index contributed by atoms with van der Waals surface area (Å²) in [5, 5.41) is 7.05. The Morgan fingerprint density at radius 2 is 2.11 bits per heavy atom. The van der Waals surface area contributed by atoms with Gasteiger partial charge < -0.3 is 10.6 Å². The van der Waals surface area contributed by atoms with Gasteiger partial charge >= 0.3 is 0 Å². The molecule has 0 saturated carbocycles. The number of halogens is 1. The summed E-state index contributed by atoms with van der Waals surface area (Å²) in [5.74, 6) is 1.43. The summed E-state index contributed by atoms with van der Waals surface area (Å²) >= 11 is 5.93. The van der Waals surface area contributed by atoms with Gasteiger partial charge in [0.15, 0.2) is 0 Å². The van der Waals surface area contributed by atoms with Crippen molar-refractivity contribution in [1.29, 1.82) is 0 Å². The van der Waals surface area contributed by atoms with Crippen LogP contribution in [0.4, 0.5) is 11.8 Å². The van der Waals surface area contributed by atoms with E-state index in [1.165, 1.54) is 0 Å². The Morgan fingerprint density at radius 1 is 1.22 bits per heavy atom. The highest BCUT2D eigenvalue weighted by atomic mass is 35.5. The molecule has 1 aromatic carbocycles. The van der Waals surface area contributed by atoms with Crippen molar-refractivity contribution in [3.8, 4) is 0 Å². The van der Waals surface area contributed by atoms with Crippen molar-refractivity contribution in [2.45, 2.75) is 13.5 Å². The topological polar surface area (TPSA) is 49.8 Å². The zero-order valence-corrected chi connectivity index (χ0v) is 10.9. The molecule has 0 atom stereocenters. The first-order valence-electron chi connectivity index (χ1n) is 5.83. The fourth-order valence-corrected chi connectivity index (χ4v) is 1.75. The lowest BCUT2D eigenvalue weighted by atomic mass is 10.2. The molecule has 94 valence electrons. The van der Waals surface area contributed by atoms with E-state index in [1.807, 2.05) is 37.3 Å². The van der Waals surface area contributed by atoms with Crippen molar-refractivity contribution in [1.82, 2.24) is 9.97 Å². The van der Waals surface area contributed by atoms with E-state index in [9.17, 15) is 0 Å². The highest BCUT2D eigenvalue weighted by Crippen LogP contribution is 2.12. The molecule has 0 aliphatic carbocycles. The van der Waals surface area contributed by atoms with Crippen LogP contribution in [0, 0.1) is 0 Å². The molecule has 5 heteroatoms. The van der Waals surface area contributed by atoms with Crippen LogP contribution < -0.4 is 10.6 Å². The Labute approximate surface area is 111 Å². The number of benzene rings is 1. The van der Waals surface area contributed by atoms with Gasteiger partial charge in [-0.15, -0.1) is 0 Å².